The molecule has 0 spiro atoms. The molecule has 0 radical (unpaired) electrons. The van der Waals surface area contributed by atoms with E-state index >= 15 is 0 Å². The van der Waals surface area contributed by atoms with Crippen LogP contribution in [0.1, 0.15) is 41.6 Å². The highest BCUT2D eigenvalue weighted by Gasteiger charge is 2.18. The van der Waals surface area contributed by atoms with E-state index in [1.807, 2.05) is 24.3 Å². The molecule has 34 heavy (non-hydrogen) atoms. The molecule has 2 aromatic carbocycles. The summed E-state index contributed by atoms with van der Waals surface area (Å²) in [7, 11) is 0. The number of morpholine rings is 1. The molecule has 0 bridgehead atoms. The van der Waals surface area contributed by atoms with Crippen LogP contribution in [0.25, 0.3) is 11.3 Å². The van der Waals surface area contributed by atoms with Crippen LogP contribution in [0.15, 0.2) is 48.5 Å². The van der Waals surface area contributed by atoms with Crippen molar-refractivity contribution in [1.82, 2.24) is 9.88 Å². The lowest BCUT2D eigenvalue weighted by atomic mass is 10.1. The van der Waals surface area contributed by atoms with Crippen LogP contribution in [-0.2, 0) is 11.3 Å². The van der Waals surface area contributed by atoms with Gasteiger partial charge in [-0.05, 0) is 61.9 Å². The third-order valence-electron chi connectivity index (χ3n) is 5.71. The van der Waals surface area contributed by atoms with E-state index in [0.29, 0.717) is 11.3 Å². The first-order valence-corrected chi connectivity index (χ1v) is 12.7. The molecule has 4 rings (SSSR count). The van der Waals surface area contributed by atoms with Crippen molar-refractivity contribution in [3.63, 3.8) is 0 Å². The van der Waals surface area contributed by atoms with E-state index in [1.165, 1.54) is 4.88 Å². The molecule has 1 aliphatic rings. The van der Waals surface area contributed by atoms with Gasteiger partial charge >= 0.3 is 0 Å². The summed E-state index contributed by atoms with van der Waals surface area (Å²) >= 11 is 1.77. The normalized spacial score (nSPS) is 15.0. The summed E-state index contributed by atoms with van der Waals surface area (Å²) in [5.74, 6) is 1.46. The lowest BCUT2D eigenvalue weighted by Gasteiger charge is -2.26. The van der Waals surface area contributed by atoms with Crippen molar-refractivity contribution in [3.05, 3.63) is 64.0 Å². The van der Waals surface area contributed by atoms with E-state index in [4.69, 9.17) is 24.5 Å². The van der Waals surface area contributed by atoms with Gasteiger partial charge in [-0.2, -0.15) is 5.26 Å². The predicted molar refractivity (Wildman–Crippen MR) is 134 cm³/mol. The Labute approximate surface area is 205 Å². The molecule has 1 unspecified atom stereocenters. The molecule has 178 valence electrons. The largest absolute Gasteiger partial charge is 0.455 e. The fraction of sp³-hybridized carbons (Fsp3) is 0.407. The molecule has 0 N–H and O–H groups in total. The van der Waals surface area contributed by atoms with Gasteiger partial charge in [-0.25, -0.2) is 4.98 Å². The van der Waals surface area contributed by atoms with Crippen LogP contribution >= 0.6 is 11.3 Å². The van der Waals surface area contributed by atoms with Crippen molar-refractivity contribution in [1.29, 1.82) is 5.26 Å². The maximum Gasteiger partial charge on any atom is 0.241 e. The lowest BCUT2D eigenvalue weighted by Crippen LogP contribution is -2.35. The van der Waals surface area contributed by atoms with Gasteiger partial charge in [-0.3, -0.25) is 4.90 Å². The number of aryl methyl sites for hydroxylation is 1. The number of hydrogen-bond acceptors (Lipinski definition) is 7. The first-order valence-electron chi connectivity index (χ1n) is 11.8. The molecule has 1 aliphatic heterocycles. The van der Waals surface area contributed by atoms with Gasteiger partial charge in [0.25, 0.3) is 0 Å². The highest BCUT2D eigenvalue weighted by atomic mass is 32.1. The van der Waals surface area contributed by atoms with Gasteiger partial charge in [0.2, 0.25) is 6.29 Å². The average Bonchev–Trinajstić information content (AvgIpc) is 3.23. The van der Waals surface area contributed by atoms with E-state index in [2.05, 4.69) is 36.9 Å². The number of aromatic nitrogens is 1. The zero-order chi connectivity index (χ0) is 23.8. The number of nitrogens with zero attached hydrogens (tertiary/aromatic N) is 3. The average molecular weight is 478 g/mol. The zero-order valence-corrected chi connectivity index (χ0v) is 20.6. The topological polar surface area (TPSA) is 67.6 Å². The van der Waals surface area contributed by atoms with Crippen molar-refractivity contribution in [2.24, 2.45) is 0 Å². The highest BCUT2D eigenvalue weighted by molar-refractivity contribution is 7.12. The molecular weight excluding hydrogens is 446 g/mol. The highest BCUT2D eigenvalue weighted by Crippen LogP contribution is 2.31. The zero-order valence-electron chi connectivity index (χ0n) is 19.8. The third-order valence-corrected chi connectivity index (χ3v) is 6.67. The van der Waals surface area contributed by atoms with E-state index in [-0.39, 0.29) is 0 Å². The van der Waals surface area contributed by atoms with E-state index in [0.717, 1.165) is 74.1 Å². The minimum absolute atomic E-state index is 0.392. The second kappa shape index (κ2) is 12.0. The van der Waals surface area contributed by atoms with E-state index < -0.39 is 6.29 Å². The fourth-order valence-electron chi connectivity index (χ4n) is 3.88. The molecule has 0 aliphatic carbocycles. The Morgan fingerprint density at radius 3 is 2.32 bits per heavy atom. The molecule has 1 atom stereocenters. The van der Waals surface area contributed by atoms with Crippen molar-refractivity contribution in [2.75, 3.05) is 26.3 Å². The van der Waals surface area contributed by atoms with Crippen molar-refractivity contribution in [2.45, 2.75) is 45.9 Å². The van der Waals surface area contributed by atoms with Gasteiger partial charge < -0.3 is 14.2 Å². The summed E-state index contributed by atoms with van der Waals surface area (Å²) < 4.78 is 17.8. The van der Waals surface area contributed by atoms with Crippen LogP contribution in [0, 0.1) is 18.3 Å². The molecule has 0 amide bonds. The number of benzene rings is 2. The van der Waals surface area contributed by atoms with Crippen LogP contribution < -0.4 is 9.47 Å². The SMILES string of the molecule is CCCCC(Oc1ccc(C#N)cc1)Oc1ccc(-c2nc(C)sc2CN2CCOCC2)cc1. The molecule has 2 heterocycles. The Morgan fingerprint density at radius 2 is 1.71 bits per heavy atom. The van der Waals surface area contributed by atoms with Gasteiger partial charge in [-0.15, -0.1) is 11.3 Å². The van der Waals surface area contributed by atoms with Crippen LogP contribution in [0.5, 0.6) is 11.5 Å². The summed E-state index contributed by atoms with van der Waals surface area (Å²) in [4.78, 5) is 8.54. The first kappa shape index (κ1) is 24.2. The van der Waals surface area contributed by atoms with E-state index in [9.17, 15) is 0 Å². The number of nitriles is 1. The molecule has 7 heteroatoms. The molecule has 6 nitrogen and oxygen atoms in total. The minimum atomic E-state index is -0.392. The summed E-state index contributed by atoms with van der Waals surface area (Å²) in [6, 6.07) is 17.4. The quantitative estimate of drug-likeness (QED) is 0.344. The summed E-state index contributed by atoms with van der Waals surface area (Å²) in [5, 5.41) is 10.1. The Bertz CT molecular complexity index is 1080. The van der Waals surface area contributed by atoms with Crippen molar-refractivity contribution >= 4 is 11.3 Å². The first-order chi connectivity index (χ1) is 16.6. The van der Waals surface area contributed by atoms with Crippen LogP contribution in [0.4, 0.5) is 0 Å². The second-order valence-electron chi connectivity index (χ2n) is 8.36. The lowest BCUT2D eigenvalue weighted by molar-refractivity contribution is -0.00211. The third kappa shape index (κ3) is 6.57. The van der Waals surface area contributed by atoms with Gasteiger partial charge in [0.05, 0.1) is 35.5 Å². The van der Waals surface area contributed by atoms with Gasteiger partial charge in [-0.1, -0.05) is 13.3 Å². The van der Waals surface area contributed by atoms with Gasteiger partial charge in [0.15, 0.2) is 0 Å². The molecule has 0 saturated carbocycles. The Hall–Kier alpha value is -2.92. The number of unbranched alkanes of at least 4 members (excludes halogenated alkanes) is 1. The van der Waals surface area contributed by atoms with Crippen LogP contribution in [0.3, 0.4) is 0 Å². The fourth-order valence-corrected chi connectivity index (χ4v) is 4.88. The minimum Gasteiger partial charge on any atom is -0.455 e. The number of rotatable bonds is 10. The molecule has 1 fully saturated rings. The predicted octanol–water partition coefficient (Wildman–Crippen LogP) is 5.80. The smallest absolute Gasteiger partial charge is 0.241 e. The number of thiazole rings is 1. The summed E-state index contributed by atoms with van der Waals surface area (Å²) in [5.41, 5.74) is 2.76. The van der Waals surface area contributed by atoms with Crippen molar-refractivity contribution < 1.29 is 14.2 Å². The van der Waals surface area contributed by atoms with Crippen LogP contribution in [0.2, 0.25) is 0 Å². The number of ether oxygens (including phenoxy) is 3. The molecule has 3 aromatic rings. The Balaban J connectivity index is 1.44. The number of hydrogen-bond donors (Lipinski definition) is 0. The second-order valence-corrected chi connectivity index (χ2v) is 9.65. The maximum absolute atomic E-state index is 9.00. The summed E-state index contributed by atoms with van der Waals surface area (Å²) in [6.45, 7) is 8.63. The van der Waals surface area contributed by atoms with Gasteiger partial charge in [0.1, 0.15) is 11.5 Å². The molecular formula is C27H31N3O3S. The monoisotopic (exact) mass is 477 g/mol. The maximum atomic E-state index is 9.00. The Kier molecular flexibility index (Phi) is 8.53. The van der Waals surface area contributed by atoms with E-state index in [1.54, 1.807) is 23.5 Å². The molecule has 1 aromatic heterocycles. The summed E-state index contributed by atoms with van der Waals surface area (Å²) in [6.07, 6.45) is 2.46. The Morgan fingerprint density at radius 1 is 1.06 bits per heavy atom. The standard InChI is InChI=1S/C27H31N3O3S/c1-3-4-5-26(32-23-10-6-21(18-28)7-11-23)33-24-12-8-22(9-13-24)27-25(34-20(2)29-27)19-30-14-16-31-17-15-30/h6-13,26H,3-5,14-17,19H2,1-2H3. The van der Waals surface area contributed by atoms with Crippen LogP contribution in [-0.4, -0.2) is 42.5 Å². The van der Waals surface area contributed by atoms with Gasteiger partial charge in [0, 0.05) is 36.5 Å². The van der Waals surface area contributed by atoms with Crippen molar-refractivity contribution in [3.8, 4) is 28.8 Å². The molecule has 1 saturated heterocycles.